The van der Waals surface area contributed by atoms with E-state index in [0.717, 1.165) is 0 Å². The Hall–Kier alpha value is -3.75. The molecule has 24 heavy (non-hydrogen) atoms. The Morgan fingerprint density at radius 3 is 2.21 bits per heavy atom. The van der Waals surface area contributed by atoms with Crippen LogP contribution in [0.1, 0.15) is 5.56 Å². The molecule has 0 aliphatic carbocycles. The highest BCUT2D eigenvalue weighted by atomic mass is 16.6. The number of urea groups is 1. The molecule has 1 aliphatic heterocycles. The van der Waals surface area contributed by atoms with Crippen molar-refractivity contribution in [3.05, 3.63) is 57.8 Å². The minimum absolute atomic E-state index is 0.0743. The molecule has 1 fully saturated rings. The third-order valence-electron chi connectivity index (χ3n) is 3.28. The number of amides is 4. The van der Waals surface area contributed by atoms with Gasteiger partial charge >= 0.3 is 6.03 Å². The summed E-state index contributed by atoms with van der Waals surface area (Å²) < 4.78 is 5.34. The van der Waals surface area contributed by atoms with Gasteiger partial charge in [0.15, 0.2) is 0 Å². The van der Waals surface area contributed by atoms with E-state index >= 15 is 0 Å². The SMILES string of the molecule is O=C1NC(=O)C(=Cc2ccoc2-c2ccc([N+](=O)[O-])cc2)C(=O)N1. The van der Waals surface area contributed by atoms with Gasteiger partial charge in [0.25, 0.3) is 17.5 Å². The summed E-state index contributed by atoms with van der Waals surface area (Å²) in [6, 6.07) is 6.25. The van der Waals surface area contributed by atoms with Gasteiger partial charge in [-0.15, -0.1) is 0 Å². The number of barbiturate groups is 1. The number of imide groups is 2. The van der Waals surface area contributed by atoms with Gasteiger partial charge in [0.1, 0.15) is 11.3 Å². The van der Waals surface area contributed by atoms with Gasteiger partial charge in [0, 0.05) is 23.3 Å². The molecule has 3 rings (SSSR count). The second-order valence-corrected chi connectivity index (χ2v) is 4.80. The van der Waals surface area contributed by atoms with Gasteiger partial charge in [-0.1, -0.05) is 0 Å². The molecule has 4 amide bonds. The zero-order valence-electron chi connectivity index (χ0n) is 11.9. The van der Waals surface area contributed by atoms with E-state index in [4.69, 9.17) is 4.42 Å². The molecule has 0 radical (unpaired) electrons. The van der Waals surface area contributed by atoms with E-state index in [2.05, 4.69) is 0 Å². The van der Waals surface area contributed by atoms with Crippen molar-refractivity contribution >= 4 is 29.6 Å². The van der Waals surface area contributed by atoms with Crippen molar-refractivity contribution in [3.63, 3.8) is 0 Å². The summed E-state index contributed by atoms with van der Waals surface area (Å²) in [5, 5.41) is 14.6. The molecule has 0 saturated carbocycles. The number of nitrogens with one attached hydrogen (secondary N) is 2. The lowest BCUT2D eigenvalue weighted by atomic mass is 10.0. The van der Waals surface area contributed by atoms with Crippen LogP contribution in [0, 0.1) is 10.1 Å². The van der Waals surface area contributed by atoms with E-state index in [1.165, 1.54) is 42.7 Å². The lowest BCUT2D eigenvalue weighted by molar-refractivity contribution is -0.384. The number of benzene rings is 1. The summed E-state index contributed by atoms with van der Waals surface area (Å²) in [6.07, 6.45) is 2.63. The second kappa shape index (κ2) is 5.80. The molecule has 2 aromatic rings. The monoisotopic (exact) mass is 327 g/mol. The third-order valence-corrected chi connectivity index (χ3v) is 3.28. The van der Waals surface area contributed by atoms with Crippen molar-refractivity contribution in [1.82, 2.24) is 10.6 Å². The highest BCUT2D eigenvalue weighted by molar-refractivity contribution is 6.31. The molecule has 9 nitrogen and oxygen atoms in total. The highest BCUT2D eigenvalue weighted by Crippen LogP contribution is 2.28. The van der Waals surface area contributed by atoms with Crippen LogP contribution in [0.4, 0.5) is 10.5 Å². The van der Waals surface area contributed by atoms with Gasteiger partial charge in [0.2, 0.25) is 0 Å². The number of non-ortho nitro benzene ring substituents is 1. The predicted octanol–water partition coefficient (Wildman–Crippen LogP) is 1.60. The number of hydrogen-bond donors (Lipinski definition) is 2. The number of rotatable bonds is 3. The fourth-order valence-corrected chi connectivity index (χ4v) is 2.16. The number of nitro benzene ring substituents is 1. The average molecular weight is 327 g/mol. The number of carbonyl (C=O) groups excluding carboxylic acids is 3. The molecule has 0 atom stereocenters. The molecular formula is C15H9N3O6. The lowest BCUT2D eigenvalue weighted by Gasteiger charge is -2.13. The van der Waals surface area contributed by atoms with Crippen LogP contribution in [0.3, 0.4) is 0 Å². The summed E-state index contributed by atoms with van der Waals surface area (Å²) in [6.45, 7) is 0. The molecule has 1 aromatic carbocycles. The number of hydrogen-bond acceptors (Lipinski definition) is 6. The Bertz CT molecular complexity index is 872. The first kappa shape index (κ1) is 15.2. The van der Waals surface area contributed by atoms with Gasteiger partial charge in [-0.2, -0.15) is 0 Å². The molecule has 0 bridgehead atoms. The van der Waals surface area contributed by atoms with Crippen molar-refractivity contribution in [2.45, 2.75) is 0 Å². The van der Waals surface area contributed by atoms with E-state index < -0.39 is 22.8 Å². The minimum atomic E-state index is -0.884. The summed E-state index contributed by atoms with van der Waals surface area (Å²) in [7, 11) is 0. The van der Waals surface area contributed by atoms with Gasteiger partial charge in [-0.25, -0.2) is 4.79 Å². The zero-order valence-corrected chi connectivity index (χ0v) is 11.9. The highest BCUT2D eigenvalue weighted by Gasteiger charge is 2.28. The summed E-state index contributed by atoms with van der Waals surface area (Å²) in [5.74, 6) is -1.31. The topological polar surface area (TPSA) is 132 Å². The van der Waals surface area contributed by atoms with Crippen LogP contribution >= 0.6 is 0 Å². The maximum Gasteiger partial charge on any atom is 0.328 e. The Morgan fingerprint density at radius 2 is 1.62 bits per heavy atom. The molecule has 2 N–H and O–H groups in total. The van der Waals surface area contributed by atoms with Crippen molar-refractivity contribution in [2.75, 3.05) is 0 Å². The molecule has 1 aliphatic rings. The third kappa shape index (κ3) is 2.77. The lowest BCUT2D eigenvalue weighted by Crippen LogP contribution is -2.51. The Balaban J connectivity index is 1.97. The fourth-order valence-electron chi connectivity index (χ4n) is 2.16. The van der Waals surface area contributed by atoms with E-state index in [1.807, 2.05) is 10.6 Å². The molecule has 1 saturated heterocycles. The first-order chi connectivity index (χ1) is 11.5. The Morgan fingerprint density at radius 1 is 1.00 bits per heavy atom. The van der Waals surface area contributed by atoms with Gasteiger partial charge in [0.05, 0.1) is 11.2 Å². The predicted molar refractivity (Wildman–Crippen MR) is 80.5 cm³/mol. The number of nitrogens with zero attached hydrogens (tertiary/aromatic N) is 1. The molecule has 0 unspecified atom stereocenters. The van der Waals surface area contributed by atoms with Crippen molar-refractivity contribution in [2.24, 2.45) is 0 Å². The number of nitro groups is 1. The van der Waals surface area contributed by atoms with Crippen LogP contribution in [0.15, 0.2) is 46.6 Å². The number of furan rings is 1. The van der Waals surface area contributed by atoms with Crippen LogP contribution in [0.2, 0.25) is 0 Å². The van der Waals surface area contributed by atoms with E-state index in [-0.39, 0.29) is 11.3 Å². The van der Waals surface area contributed by atoms with Crippen LogP contribution in [0.5, 0.6) is 0 Å². The quantitative estimate of drug-likeness (QED) is 0.381. The fraction of sp³-hybridized carbons (Fsp3) is 0. The standard InChI is InChI=1S/C15H9N3O6/c19-13-11(14(20)17-15(21)16-13)7-9-5-6-24-12(9)8-1-3-10(4-2-8)18(22)23/h1-7H,(H2,16,17,19,20,21). The first-order valence-electron chi connectivity index (χ1n) is 6.66. The van der Waals surface area contributed by atoms with Crippen LogP contribution in [-0.2, 0) is 9.59 Å². The summed E-state index contributed by atoms with van der Waals surface area (Å²) in [4.78, 5) is 44.7. The Labute approximate surface area is 134 Å². The molecule has 120 valence electrons. The second-order valence-electron chi connectivity index (χ2n) is 4.80. The maximum absolute atomic E-state index is 11.7. The van der Waals surface area contributed by atoms with Gasteiger partial charge in [-0.05, 0) is 24.3 Å². The van der Waals surface area contributed by atoms with E-state index in [1.54, 1.807) is 0 Å². The van der Waals surface area contributed by atoms with Crippen molar-refractivity contribution < 1.29 is 23.7 Å². The zero-order chi connectivity index (χ0) is 17.3. The smallest absolute Gasteiger partial charge is 0.328 e. The van der Waals surface area contributed by atoms with Gasteiger partial charge < -0.3 is 4.42 Å². The minimum Gasteiger partial charge on any atom is -0.464 e. The molecule has 2 heterocycles. The van der Waals surface area contributed by atoms with Gasteiger partial charge in [-0.3, -0.25) is 30.3 Å². The first-order valence-corrected chi connectivity index (χ1v) is 6.66. The van der Waals surface area contributed by atoms with Crippen LogP contribution < -0.4 is 10.6 Å². The molecule has 0 spiro atoms. The molecular weight excluding hydrogens is 318 g/mol. The largest absolute Gasteiger partial charge is 0.464 e. The van der Waals surface area contributed by atoms with E-state index in [9.17, 15) is 24.5 Å². The van der Waals surface area contributed by atoms with Crippen LogP contribution in [0.25, 0.3) is 17.4 Å². The molecule has 1 aromatic heterocycles. The van der Waals surface area contributed by atoms with Crippen LogP contribution in [-0.4, -0.2) is 22.8 Å². The number of carbonyl (C=O) groups is 3. The Kier molecular flexibility index (Phi) is 3.66. The van der Waals surface area contributed by atoms with Crippen molar-refractivity contribution in [3.8, 4) is 11.3 Å². The average Bonchev–Trinajstić information content (AvgIpc) is 2.99. The maximum atomic E-state index is 11.7. The van der Waals surface area contributed by atoms with Crippen molar-refractivity contribution in [1.29, 1.82) is 0 Å². The summed E-state index contributed by atoms with van der Waals surface area (Å²) in [5.41, 5.74) is 0.623. The van der Waals surface area contributed by atoms with E-state index in [0.29, 0.717) is 16.9 Å². The normalized spacial score (nSPS) is 14.2. The summed E-state index contributed by atoms with van der Waals surface area (Å²) >= 11 is 0. The molecule has 9 heteroatoms.